The zero-order chi connectivity index (χ0) is 17.4. The topological polar surface area (TPSA) is 63.5 Å². The van der Waals surface area contributed by atoms with E-state index in [4.69, 9.17) is 0 Å². The average Bonchev–Trinajstić information content (AvgIpc) is 2.55. The Morgan fingerprint density at radius 1 is 1.33 bits per heavy atom. The van der Waals surface area contributed by atoms with E-state index >= 15 is 0 Å². The number of fused-ring (bicyclic) bond motifs is 1. The fourth-order valence-electron chi connectivity index (χ4n) is 3.27. The maximum absolute atomic E-state index is 13.5. The summed E-state index contributed by atoms with van der Waals surface area (Å²) in [6.07, 6.45) is 0.639. The second-order valence-corrected chi connectivity index (χ2v) is 5.97. The maximum Gasteiger partial charge on any atom is 0.273 e. The first-order valence-electron chi connectivity index (χ1n) is 7.73. The number of rotatable bonds is 2. The van der Waals surface area contributed by atoms with E-state index in [1.807, 2.05) is 6.92 Å². The van der Waals surface area contributed by atoms with E-state index in [1.165, 1.54) is 24.3 Å². The number of carbonyl (C=O) groups is 1. The molecule has 1 atom stereocenters. The lowest BCUT2D eigenvalue weighted by Crippen LogP contribution is -2.39. The van der Waals surface area contributed by atoms with Crippen LogP contribution in [0.15, 0.2) is 36.4 Å². The second-order valence-electron chi connectivity index (χ2n) is 5.97. The highest BCUT2D eigenvalue weighted by atomic mass is 19.1. The monoisotopic (exact) mass is 328 g/mol. The summed E-state index contributed by atoms with van der Waals surface area (Å²) < 4.78 is 13.5. The molecule has 5 nitrogen and oxygen atoms in total. The molecule has 0 spiro atoms. The van der Waals surface area contributed by atoms with Crippen molar-refractivity contribution in [2.75, 3.05) is 6.54 Å². The quantitative estimate of drug-likeness (QED) is 0.622. The number of nitro benzene ring substituents is 1. The first-order chi connectivity index (χ1) is 11.4. The zero-order valence-electron chi connectivity index (χ0n) is 13.5. The molecule has 0 aliphatic carbocycles. The third-order valence-electron chi connectivity index (χ3n) is 4.64. The molecule has 0 fully saturated rings. The van der Waals surface area contributed by atoms with Gasteiger partial charge in [-0.2, -0.15) is 0 Å². The first-order valence-corrected chi connectivity index (χ1v) is 7.73. The van der Waals surface area contributed by atoms with Gasteiger partial charge in [-0.1, -0.05) is 12.1 Å². The first kappa shape index (κ1) is 16.1. The van der Waals surface area contributed by atoms with Crippen LogP contribution in [0.3, 0.4) is 0 Å². The smallest absolute Gasteiger partial charge is 0.273 e. The highest BCUT2D eigenvalue weighted by Crippen LogP contribution is 2.32. The summed E-state index contributed by atoms with van der Waals surface area (Å²) in [6.45, 7) is 3.93. The Morgan fingerprint density at radius 2 is 2.08 bits per heavy atom. The summed E-state index contributed by atoms with van der Waals surface area (Å²) in [4.78, 5) is 25.1. The molecular weight excluding hydrogens is 311 g/mol. The van der Waals surface area contributed by atoms with E-state index < -0.39 is 4.92 Å². The Hall–Kier alpha value is -2.76. The predicted molar refractivity (Wildman–Crippen MR) is 87.4 cm³/mol. The second kappa shape index (κ2) is 6.03. The fraction of sp³-hybridized carbons (Fsp3) is 0.278. The fourth-order valence-corrected chi connectivity index (χ4v) is 3.27. The van der Waals surface area contributed by atoms with Crippen LogP contribution < -0.4 is 0 Å². The summed E-state index contributed by atoms with van der Waals surface area (Å²) in [5.74, 6) is -0.597. The minimum Gasteiger partial charge on any atom is -0.332 e. The summed E-state index contributed by atoms with van der Waals surface area (Å²) in [5.41, 5.74) is 2.42. The molecule has 0 N–H and O–H groups in total. The van der Waals surface area contributed by atoms with Crippen molar-refractivity contribution in [3.05, 3.63) is 74.6 Å². The number of carbonyl (C=O) groups excluding carboxylic acids is 1. The molecule has 0 saturated carbocycles. The van der Waals surface area contributed by atoms with Crippen molar-refractivity contribution in [1.82, 2.24) is 4.90 Å². The Labute approximate surface area is 138 Å². The zero-order valence-corrected chi connectivity index (χ0v) is 13.5. The molecule has 2 aromatic rings. The molecule has 1 aliphatic heterocycles. The number of amides is 1. The highest BCUT2D eigenvalue weighted by Gasteiger charge is 2.30. The molecular formula is C18H17FN2O3. The van der Waals surface area contributed by atoms with Crippen molar-refractivity contribution in [2.45, 2.75) is 26.3 Å². The Bertz CT molecular complexity index is 835. The molecule has 6 heteroatoms. The lowest BCUT2D eigenvalue weighted by atomic mass is 9.92. The van der Waals surface area contributed by atoms with Gasteiger partial charge in [0.05, 0.1) is 11.0 Å². The van der Waals surface area contributed by atoms with E-state index in [0.717, 1.165) is 11.1 Å². The molecule has 1 unspecified atom stereocenters. The van der Waals surface area contributed by atoms with Crippen LogP contribution in [0.25, 0.3) is 0 Å². The standard InChI is InChI=1S/C18H17FN2O3/c1-11-15(4-3-5-17(11)21(23)24)18(22)20-9-8-13-6-7-14(19)10-16(13)12(20)2/h3-7,10,12H,8-9H2,1-2H3. The summed E-state index contributed by atoms with van der Waals surface area (Å²) in [6, 6.07) is 8.85. The van der Waals surface area contributed by atoms with Gasteiger partial charge in [0.15, 0.2) is 0 Å². The van der Waals surface area contributed by atoms with E-state index in [-0.39, 0.29) is 23.5 Å². The van der Waals surface area contributed by atoms with E-state index in [9.17, 15) is 19.3 Å². The average molecular weight is 328 g/mol. The van der Waals surface area contributed by atoms with Crippen molar-refractivity contribution in [1.29, 1.82) is 0 Å². The van der Waals surface area contributed by atoms with Gasteiger partial charge < -0.3 is 4.90 Å². The summed E-state index contributed by atoms with van der Waals surface area (Å²) in [7, 11) is 0. The van der Waals surface area contributed by atoms with E-state index in [1.54, 1.807) is 24.0 Å². The maximum atomic E-state index is 13.5. The number of hydrogen-bond donors (Lipinski definition) is 0. The molecule has 0 radical (unpaired) electrons. The molecule has 1 amide bonds. The van der Waals surface area contributed by atoms with Crippen LogP contribution in [0, 0.1) is 22.9 Å². The Balaban J connectivity index is 1.97. The molecule has 24 heavy (non-hydrogen) atoms. The minimum atomic E-state index is -0.490. The van der Waals surface area contributed by atoms with Gasteiger partial charge in [0.2, 0.25) is 0 Å². The molecule has 1 aliphatic rings. The Morgan fingerprint density at radius 3 is 2.79 bits per heavy atom. The van der Waals surface area contributed by atoms with Gasteiger partial charge in [0.1, 0.15) is 5.82 Å². The lowest BCUT2D eigenvalue weighted by molar-refractivity contribution is -0.385. The van der Waals surface area contributed by atoms with Crippen molar-refractivity contribution in [3.8, 4) is 0 Å². The van der Waals surface area contributed by atoms with Crippen LogP contribution in [0.5, 0.6) is 0 Å². The summed E-state index contributed by atoms with van der Waals surface area (Å²) >= 11 is 0. The van der Waals surface area contributed by atoms with Gasteiger partial charge in [-0.25, -0.2) is 4.39 Å². The van der Waals surface area contributed by atoms with Crippen LogP contribution in [0.1, 0.15) is 40.0 Å². The minimum absolute atomic E-state index is 0.0723. The molecule has 0 saturated heterocycles. The van der Waals surface area contributed by atoms with Crippen molar-refractivity contribution in [2.24, 2.45) is 0 Å². The molecule has 1 heterocycles. The number of halogens is 1. The van der Waals surface area contributed by atoms with Gasteiger partial charge in [-0.3, -0.25) is 14.9 Å². The van der Waals surface area contributed by atoms with E-state index in [0.29, 0.717) is 24.1 Å². The lowest BCUT2D eigenvalue weighted by Gasteiger charge is -2.35. The number of hydrogen-bond acceptors (Lipinski definition) is 3. The number of nitrogens with zero attached hydrogens (tertiary/aromatic N) is 2. The third kappa shape index (κ3) is 2.64. The van der Waals surface area contributed by atoms with Crippen LogP contribution in [-0.4, -0.2) is 22.3 Å². The largest absolute Gasteiger partial charge is 0.332 e. The van der Waals surface area contributed by atoms with Crippen LogP contribution in [0.4, 0.5) is 10.1 Å². The van der Waals surface area contributed by atoms with Crippen LogP contribution in [0.2, 0.25) is 0 Å². The molecule has 2 aromatic carbocycles. The number of benzene rings is 2. The summed E-state index contributed by atoms with van der Waals surface area (Å²) in [5, 5.41) is 11.1. The van der Waals surface area contributed by atoms with E-state index in [2.05, 4.69) is 0 Å². The molecule has 3 rings (SSSR count). The van der Waals surface area contributed by atoms with Crippen molar-refractivity contribution in [3.63, 3.8) is 0 Å². The van der Waals surface area contributed by atoms with Gasteiger partial charge in [-0.05, 0) is 49.6 Å². The van der Waals surface area contributed by atoms with Gasteiger partial charge in [0.25, 0.3) is 11.6 Å². The third-order valence-corrected chi connectivity index (χ3v) is 4.64. The highest BCUT2D eigenvalue weighted by molar-refractivity contribution is 5.97. The SMILES string of the molecule is Cc1c(C(=O)N2CCc3ccc(F)cc3C2C)cccc1[N+](=O)[O-]. The van der Waals surface area contributed by atoms with Crippen molar-refractivity contribution >= 4 is 11.6 Å². The normalized spacial score (nSPS) is 16.6. The molecule has 0 aromatic heterocycles. The molecule has 0 bridgehead atoms. The van der Waals surface area contributed by atoms with Crippen LogP contribution >= 0.6 is 0 Å². The predicted octanol–water partition coefficient (Wildman–Crippen LogP) is 3.80. The molecule has 124 valence electrons. The van der Waals surface area contributed by atoms with Crippen molar-refractivity contribution < 1.29 is 14.1 Å². The van der Waals surface area contributed by atoms with Crippen LogP contribution in [-0.2, 0) is 6.42 Å². The Kier molecular flexibility index (Phi) is 4.05. The van der Waals surface area contributed by atoms with Gasteiger partial charge in [0, 0.05) is 23.7 Å². The number of nitro groups is 1. The van der Waals surface area contributed by atoms with Gasteiger partial charge in [-0.15, -0.1) is 0 Å². The van der Waals surface area contributed by atoms with Gasteiger partial charge >= 0.3 is 0 Å².